The molecule has 0 radical (unpaired) electrons. The topological polar surface area (TPSA) is 145 Å². The molecule has 1 unspecified atom stereocenters. The average Bonchev–Trinajstić information content (AvgIpc) is 2.17. The van der Waals surface area contributed by atoms with Gasteiger partial charge in [-0.05, 0) is 6.42 Å². The maximum atomic E-state index is 10.5. The van der Waals surface area contributed by atoms with E-state index in [4.69, 9.17) is 19.5 Å². The minimum atomic E-state index is -4.21. The molecule has 0 bridgehead atoms. The molecule has 0 amide bonds. The second kappa shape index (κ2) is 4.92. The summed E-state index contributed by atoms with van der Waals surface area (Å²) in [7, 11) is -4.21. The van der Waals surface area contributed by atoms with E-state index in [-0.39, 0.29) is 6.42 Å². The fourth-order valence-corrected chi connectivity index (χ4v) is 1.96. The molecule has 5 N–H and O–H groups in total. The summed E-state index contributed by atoms with van der Waals surface area (Å²) < 4.78 is 34.1. The molecule has 0 aromatic heterocycles. The lowest BCUT2D eigenvalue weighted by molar-refractivity contribution is -0.281. The smallest absolute Gasteiger partial charge is 0.264 e. The van der Waals surface area contributed by atoms with Gasteiger partial charge in [-0.15, -0.1) is 0 Å². The lowest BCUT2D eigenvalue weighted by Gasteiger charge is -2.38. The van der Waals surface area contributed by atoms with Crippen LogP contribution in [0.3, 0.4) is 0 Å². The maximum absolute atomic E-state index is 10.5. The summed E-state index contributed by atoms with van der Waals surface area (Å²) in [6.45, 7) is 0. The fourth-order valence-electron chi connectivity index (χ4n) is 1.43. The number of hydrogen-bond acceptors (Lipinski definition) is 7. The Morgan fingerprint density at radius 1 is 1.00 bits per heavy atom. The van der Waals surface area contributed by atoms with Crippen LogP contribution in [0.2, 0.25) is 0 Å². The summed E-state index contributed by atoms with van der Waals surface area (Å²) in [5.41, 5.74) is 0. The predicted molar refractivity (Wildman–Crippen MR) is 49.9 cm³/mol. The number of aliphatic hydroxyl groups is 4. The number of aliphatic hydroxyl groups excluding tert-OH is 4. The Morgan fingerprint density at radius 2 is 1.56 bits per heavy atom. The number of ether oxygens (including phenoxy) is 1. The molecule has 16 heavy (non-hydrogen) atoms. The molecular formula is C7H14O8S. The molecule has 8 nitrogen and oxygen atoms in total. The van der Waals surface area contributed by atoms with Gasteiger partial charge in [-0.1, -0.05) is 0 Å². The van der Waals surface area contributed by atoms with E-state index in [0.717, 1.165) is 0 Å². The van der Waals surface area contributed by atoms with Crippen molar-refractivity contribution in [2.75, 3.05) is 5.75 Å². The van der Waals surface area contributed by atoms with E-state index in [0.29, 0.717) is 0 Å². The minimum absolute atomic E-state index is 0.305. The first-order chi connectivity index (χ1) is 7.22. The van der Waals surface area contributed by atoms with Crippen LogP contribution in [0.4, 0.5) is 0 Å². The summed E-state index contributed by atoms with van der Waals surface area (Å²) in [6.07, 6.45) is -7.99. The van der Waals surface area contributed by atoms with E-state index in [1.807, 2.05) is 0 Å². The highest BCUT2D eigenvalue weighted by atomic mass is 32.2. The summed E-state index contributed by atoms with van der Waals surface area (Å²) in [4.78, 5) is 0. The molecule has 96 valence electrons. The zero-order valence-corrected chi connectivity index (χ0v) is 8.99. The van der Waals surface area contributed by atoms with Crippen LogP contribution in [0.5, 0.6) is 0 Å². The molecule has 9 heteroatoms. The average molecular weight is 258 g/mol. The first-order valence-electron chi connectivity index (χ1n) is 4.55. The van der Waals surface area contributed by atoms with E-state index in [1.54, 1.807) is 0 Å². The summed E-state index contributed by atoms with van der Waals surface area (Å²) in [5.74, 6) is -0.676. The second-order valence-corrected chi connectivity index (χ2v) is 5.18. The maximum Gasteiger partial charge on any atom is 0.264 e. The Balaban J connectivity index is 2.61. The van der Waals surface area contributed by atoms with Crippen LogP contribution in [0.25, 0.3) is 0 Å². The van der Waals surface area contributed by atoms with Crippen molar-refractivity contribution in [1.82, 2.24) is 0 Å². The molecule has 5 atom stereocenters. The van der Waals surface area contributed by atoms with Crippen LogP contribution in [0.15, 0.2) is 0 Å². The third-order valence-electron chi connectivity index (χ3n) is 2.35. The molecule has 0 aliphatic carbocycles. The predicted octanol–water partition coefficient (Wildman–Crippen LogP) is -2.94. The first kappa shape index (κ1) is 13.8. The zero-order chi connectivity index (χ0) is 12.5. The van der Waals surface area contributed by atoms with E-state index >= 15 is 0 Å². The van der Waals surface area contributed by atoms with Gasteiger partial charge >= 0.3 is 0 Å². The Labute approximate surface area is 91.8 Å². The van der Waals surface area contributed by atoms with E-state index in [1.165, 1.54) is 0 Å². The molecule has 1 aliphatic rings. The highest BCUT2D eigenvalue weighted by Gasteiger charge is 2.42. The van der Waals surface area contributed by atoms with Gasteiger partial charge < -0.3 is 25.2 Å². The molecule has 0 saturated carbocycles. The Hall–Kier alpha value is -0.290. The minimum Gasteiger partial charge on any atom is -0.388 e. The van der Waals surface area contributed by atoms with Crippen LogP contribution >= 0.6 is 0 Å². The summed E-state index contributed by atoms with van der Waals surface area (Å²) in [5, 5.41) is 36.9. The zero-order valence-electron chi connectivity index (χ0n) is 8.17. The molecule has 0 aromatic carbocycles. The number of rotatable bonds is 3. The van der Waals surface area contributed by atoms with Gasteiger partial charge in [0, 0.05) is 0 Å². The van der Waals surface area contributed by atoms with Crippen LogP contribution in [0, 0.1) is 0 Å². The molecule has 1 aliphatic heterocycles. The van der Waals surface area contributed by atoms with Crippen LogP contribution in [-0.2, 0) is 14.9 Å². The van der Waals surface area contributed by atoms with Gasteiger partial charge in [0.2, 0.25) is 0 Å². The Kier molecular flexibility index (Phi) is 4.23. The Morgan fingerprint density at radius 3 is 2.06 bits per heavy atom. The third kappa shape index (κ3) is 3.35. The lowest BCUT2D eigenvalue weighted by atomic mass is 9.97. The molecule has 0 aromatic rings. The summed E-state index contributed by atoms with van der Waals surface area (Å²) in [6, 6.07) is 0. The van der Waals surface area contributed by atoms with Gasteiger partial charge in [-0.2, -0.15) is 8.42 Å². The van der Waals surface area contributed by atoms with Gasteiger partial charge in [0.15, 0.2) is 6.29 Å². The largest absolute Gasteiger partial charge is 0.388 e. The van der Waals surface area contributed by atoms with Gasteiger partial charge in [-0.25, -0.2) is 0 Å². The van der Waals surface area contributed by atoms with Crippen molar-refractivity contribution in [3.8, 4) is 0 Å². The lowest BCUT2D eigenvalue weighted by Crippen LogP contribution is -2.57. The SMILES string of the molecule is O=S(=O)(O)CC[C@H]1OC(O)[C@H](O)[C@@H](O)[C@@H]1O. The highest BCUT2D eigenvalue weighted by Crippen LogP contribution is 2.22. The first-order valence-corrected chi connectivity index (χ1v) is 6.16. The highest BCUT2D eigenvalue weighted by molar-refractivity contribution is 7.85. The van der Waals surface area contributed by atoms with Gasteiger partial charge in [0.25, 0.3) is 10.1 Å². The molecule has 1 heterocycles. The second-order valence-electron chi connectivity index (χ2n) is 3.61. The van der Waals surface area contributed by atoms with E-state index in [9.17, 15) is 18.6 Å². The summed E-state index contributed by atoms with van der Waals surface area (Å²) >= 11 is 0. The van der Waals surface area contributed by atoms with Crippen molar-refractivity contribution < 1.29 is 38.1 Å². The van der Waals surface area contributed by atoms with Crippen molar-refractivity contribution in [2.24, 2.45) is 0 Å². The van der Waals surface area contributed by atoms with Crippen LogP contribution < -0.4 is 0 Å². The van der Waals surface area contributed by atoms with Gasteiger partial charge in [-0.3, -0.25) is 4.55 Å². The van der Waals surface area contributed by atoms with E-state index in [2.05, 4.69) is 0 Å². The van der Waals surface area contributed by atoms with Crippen molar-refractivity contribution in [1.29, 1.82) is 0 Å². The molecular weight excluding hydrogens is 244 g/mol. The number of hydrogen-bond donors (Lipinski definition) is 5. The molecule has 0 spiro atoms. The van der Waals surface area contributed by atoms with Crippen LogP contribution in [-0.4, -0.2) is 69.9 Å². The van der Waals surface area contributed by atoms with Crippen molar-refractivity contribution >= 4 is 10.1 Å². The molecule has 1 saturated heterocycles. The van der Waals surface area contributed by atoms with Crippen molar-refractivity contribution in [3.05, 3.63) is 0 Å². The van der Waals surface area contributed by atoms with Gasteiger partial charge in [0.1, 0.15) is 18.3 Å². The monoisotopic (exact) mass is 258 g/mol. The molecule has 1 fully saturated rings. The third-order valence-corrected chi connectivity index (χ3v) is 3.10. The van der Waals surface area contributed by atoms with Gasteiger partial charge in [0.05, 0.1) is 11.9 Å². The molecule has 1 rings (SSSR count). The van der Waals surface area contributed by atoms with Crippen molar-refractivity contribution in [3.63, 3.8) is 0 Å². The van der Waals surface area contributed by atoms with E-state index < -0.39 is 46.6 Å². The van der Waals surface area contributed by atoms with Crippen molar-refractivity contribution in [2.45, 2.75) is 37.1 Å². The van der Waals surface area contributed by atoms with Crippen LogP contribution in [0.1, 0.15) is 6.42 Å². The quantitative estimate of drug-likeness (QED) is 0.338. The normalized spacial score (nSPS) is 40.9. The standard InChI is InChI=1S/C7H14O8S/c8-4-3(1-2-16(12,13)14)15-7(11)6(10)5(4)9/h3-11H,1-2H2,(H,12,13,14)/t3-,4-,5+,6-,7?/m1/s1. The fraction of sp³-hybridized carbons (Fsp3) is 1.00. The Bertz CT molecular complexity index is 327.